The van der Waals surface area contributed by atoms with Crippen LogP contribution in [0.2, 0.25) is 0 Å². The maximum Gasteiger partial charge on any atom is 0.270 e. The molecule has 1 atom stereocenters. The molecule has 39 heavy (non-hydrogen) atoms. The molecule has 196 valence electrons. The molecule has 0 aromatic heterocycles. The highest BCUT2D eigenvalue weighted by Gasteiger charge is 2.36. The first-order valence-electron chi connectivity index (χ1n) is 13.4. The van der Waals surface area contributed by atoms with E-state index in [9.17, 15) is 4.79 Å². The topological polar surface area (TPSA) is 88.6 Å². The normalized spacial score (nSPS) is 24.6. The Morgan fingerprint density at radius 3 is 2.97 bits per heavy atom. The van der Waals surface area contributed by atoms with E-state index in [2.05, 4.69) is 39.0 Å². The number of hydrogen-bond acceptors (Lipinski definition) is 8. The number of hydrogen-bond donors (Lipinski definition) is 0. The van der Waals surface area contributed by atoms with E-state index < -0.39 is 0 Å². The zero-order chi connectivity index (χ0) is 26.4. The van der Waals surface area contributed by atoms with Crippen molar-refractivity contribution in [2.75, 3.05) is 19.6 Å². The molecular formula is C30H30N8O. The Morgan fingerprint density at radius 1 is 1.10 bits per heavy atom. The van der Waals surface area contributed by atoms with Crippen LogP contribution in [-0.4, -0.2) is 76.6 Å². The molecule has 1 fully saturated rings. The fraction of sp³-hybridized carbons (Fsp3) is 0.300. The Bertz CT molecular complexity index is 1440. The van der Waals surface area contributed by atoms with Crippen LogP contribution in [0, 0.1) is 0 Å². The lowest BCUT2D eigenvalue weighted by atomic mass is 9.98. The van der Waals surface area contributed by atoms with Gasteiger partial charge in [-0.05, 0) is 37.5 Å². The van der Waals surface area contributed by atoms with Crippen LogP contribution in [0.3, 0.4) is 0 Å². The molecule has 0 aliphatic carbocycles. The van der Waals surface area contributed by atoms with Crippen molar-refractivity contribution in [2.24, 2.45) is 25.2 Å². The summed E-state index contributed by atoms with van der Waals surface area (Å²) in [6.07, 6.45) is 28.8. The number of carbonyl (C=O) groups is 1. The fourth-order valence-corrected chi connectivity index (χ4v) is 5.22. The molecule has 6 aliphatic heterocycles. The van der Waals surface area contributed by atoms with Gasteiger partial charge in [-0.2, -0.15) is 10.2 Å². The summed E-state index contributed by atoms with van der Waals surface area (Å²) >= 11 is 0. The smallest absolute Gasteiger partial charge is 0.270 e. The molecule has 1 saturated heterocycles. The molecule has 0 unspecified atom stereocenters. The SMILES string of the molecule is O=C(C1=NN2C=CC=NC2=C(C2=NC=CC/C=C\C2)C1)N1CCC[C@H]1CN1CC=C(C2=C=CC=CC=N2)C=N1. The lowest BCUT2D eigenvalue weighted by molar-refractivity contribution is -0.125. The van der Waals surface area contributed by atoms with E-state index in [1.165, 1.54) is 0 Å². The highest BCUT2D eigenvalue weighted by Crippen LogP contribution is 2.29. The number of nitrogens with zero attached hydrogens (tertiary/aromatic N) is 8. The molecule has 6 rings (SSSR count). The summed E-state index contributed by atoms with van der Waals surface area (Å²) in [7, 11) is 0. The Hall–Kier alpha value is -4.62. The van der Waals surface area contributed by atoms with Gasteiger partial charge in [-0.1, -0.05) is 36.1 Å². The van der Waals surface area contributed by atoms with E-state index in [1.54, 1.807) is 17.4 Å². The predicted molar refractivity (Wildman–Crippen MR) is 156 cm³/mol. The number of likely N-dealkylation sites (tertiary alicyclic amines) is 1. The van der Waals surface area contributed by atoms with Crippen LogP contribution in [0.15, 0.2) is 115 Å². The van der Waals surface area contributed by atoms with Crippen LogP contribution in [0.4, 0.5) is 0 Å². The maximum absolute atomic E-state index is 13.9. The Kier molecular flexibility index (Phi) is 7.23. The summed E-state index contributed by atoms with van der Waals surface area (Å²) in [6, 6.07) is 0.0693. The Morgan fingerprint density at radius 2 is 2.05 bits per heavy atom. The predicted octanol–water partition coefficient (Wildman–Crippen LogP) is 4.06. The summed E-state index contributed by atoms with van der Waals surface area (Å²) in [5, 5.41) is 13.1. The molecule has 1 amide bonds. The summed E-state index contributed by atoms with van der Waals surface area (Å²) in [6.45, 7) is 2.04. The lowest BCUT2D eigenvalue weighted by Gasteiger charge is -2.32. The van der Waals surface area contributed by atoms with Crippen molar-refractivity contribution in [1.82, 2.24) is 14.9 Å². The third-order valence-electron chi connectivity index (χ3n) is 7.18. The van der Waals surface area contributed by atoms with Crippen LogP contribution in [0.5, 0.6) is 0 Å². The van der Waals surface area contributed by atoms with Gasteiger partial charge in [0.25, 0.3) is 5.91 Å². The number of hydrazone groups is 2. The average molecular weight is 519 g/mol. The lowest BCUT2D eigenvalue weighted by Crippen LogP contribution is -2.46. The van der Waals surface area contributed by atoms with E-state index >= 15 is 0 Å². The Balaban J connectivity index is 1.16. The van der Waals surface area contributed by atoms with Crippen molar-refractivity contribution in [3.8, 4) is 0 Å². The van der Waals surface area contributed by atoms with Crippen molar-refractivity contribution in [3.05, 3.63) is 89.4 Å². The molecular weight excluding hydrogens is 488 g/mol. The number of carbonyl (C=O) groups excluding carboxylic acids is 1. The molecule has 0 saturated carbocycles. The van der Waals surface area contributed by atoms with Gasteiger partial charge in [-0.3, -0.25) is 14.8 Å². The van der Waals surface area contributed by atoms with Gasteiger partial charge in [0.05, 0.1) is 31.1 Å². The monoisotopic (exact) mass is 518 g/mol. The second-order valence-corrected chi connectivity index (χ2v) is 9.75. The van der Waals surface area contributed by atoms with Gasteiger partial charge in [0.15, 0.2) is 5.82 Å². The Labute approximate surface area is 228 Å². The largest absolute Gasteiger partial charge is 0.333 e. The van der Waals surface area contributed by atoms with Crippen molar-refractivity contribution < 1.29 is 4.79 Å². The minimum atomic E-state index is -0.0256. The third kappa shape index (κ3) is 5.49. The van der Waals surface area contributed by atoms with Crippen LogP contribution >= 0.6 is 0 Å². The van der Waals surface area contributed by atoms with Crippen molar-refractivity contribution in [3.63, 3.8) is 0 Å². The van der Waals surface area contributed by atoms with E-state index in [0.29, 0.717) is 38.2 Å². The van der Waals surface area contributed by atoms with Crippen molar-refractivity contribution in [2.45, 2.75) is 38.1 Å². The molecule has 6 heterocycles. The van der Waals surface area contributed by atoms with Gasteiger partial charge in [0.1, 0.15) is 11.4 Å². The van der Waals surface area contributed by atoms with Gasteiger partial charge >= 0.3 is 0 Å². The van der Waals surface area contributed by atoms with E-state index in [1.807, 2.05) is 58.9 Å². The summed E-state index contributed by atoms with van der Waals surface area (Å²) in [5.41, 5.74) is 7.28. The number of rotatable bonds is 5. The maximum atomic E-state index is 13.9. The van der Waals surface area contributed by atoms with Gasteiger partial charge in [0, 0.05) is 55.4 Å². The first-order valence-corrected chi connectivity index (χ1v) is 13.4. The van der Waals surface area contributed by atoms with Crippen LogP contribution in [0.25, 0.3) is 0 Å². The van der Waals surface area contributed by atoms with Gasteiger partial charge in [0.2, 0.25) is 0 Å². The number of fused-ring (bicyclic) bond motifs is 1. The minimum Gasteiger partial charge on any atom is -0.333 e. The highest BCUT2D eigenvalue weighted by atomic mass is 16.2. The second-order valence-electron chi connectivity index (χ2n) is 9.75. The van der Waals surface area contributed by atoms with Gasteiger partial charge in [-0.25, -0.2) is 15.0 Å². The van der Waals surface area contributed by atoms with E-state index in [4.69, 9.17) is 10.1 Å². The summed E-state index contributed by atoms with van der Waals surface area (Å²) in [5.74, 6) is 0.708. The molecule has 0 radical (unpaired) electrons. The van der Waals surface area contributed by atoms with E-state index in [0.717, 1.165) is 47.6 Å². The molecule has 0 N–H and O–H groups in total. The quantitative estimate of drug-likeness (QED) is 0.406. The second kappa shape index (κ2) is 11.4. The minimum absolute atomic E-state index is 0.0256. The summed E-state index contributed by atoms with van der Waals surface area (Å²) < 4.78 is 0. The first-order chi connectivity index (χ1) is 19.3. The zero-order valence-electron chi connectivity index (χ0n) is 21.7. The standard InChI is InChI=1S/C30H30N8O/c39-30(28-20-25(27-12-4-1-2-6-15-32-27)29-33-16-9-18-38(29)35-28)37-17-8-10-24(37)22-36-19-13-23(21-34-36)26-11-5-3-7-14-31-26/h1,3-7,9,13-16,18,21,24H,2,8,10,12,17,19-20,22H2/b4-1-,15-6?,32-27?/t24-/m0/s1. The third-order valence-corrected chi connectivity index (χ3v) is 7.18. The van der Waals surface area contributed by atoms with Crippen LogP contribution in [-0.2, 0) is 4.79 Å². The van der Waals surface area contributed by atoms with E-state index in [-0.39, 0.29) is 11.9 Å². The van der Waals surface area contributed by atoms with Gasteiger partial charge in [-0.15, -0.1) is 0 Å². The zero-order valence-corrected chi connectivity index (χ0v) is 21.7. The average Bonchev–Trinajstić information content (AvgIpc) is 3.23. The number of allylic oxidation sites excluding steroid dienone is 8. The molecule has 6 aliphatic rings. The molecule has 9 nitrogen and oxygen atoms in total. The fourth-order valence-electron chi connectivity index (χ4n) is 5.22. The molecule has 0 bridgehead atoms. The first kappa shape index (κ1) is 24.7. The molecule has 0 aromatic carbocycles. The molecule has 0 spiro atoms. The van der Waals surface area contributed by atoms with Crippen LogP contribution in [0.1, 0.15) is 32.1 Å². The van der Waals surface area contributed by atoms with Gasteiger partial charge < -0.3 is 4.90 Å². The number of amides is 1. The number of aliphatic imine (C=N–C) groups is 3. The molecule has 0 aromatic rings. The molecule has 9 heteroatoms. The van der Waals surface area contributed by atoms with Crippen LogP contribution < -0.4 is 0 Å². The highest BCUT2D eigenvalue weighted by molar-refractivity contribution is 6.40. The van der Waals surface area contributed by atoms with Crippen molar-refractivity contribution in [1.29, 1.82) is 0 Å². The van der Waals surface area contributed by atoms with Crippen molar-refractivity contribution >= 4 is 36.0 Å². The summed E-state index contributed by atoms with van der Waals surface area (Å²) in [4.78, 5) is 29.5.